The second-order valence-electron chi connectivity index (χ2n) is 4.14. The van der Waals surface area contributed by atoms with Crippen molar-refractivity contribution in [3.05, 3.63) is 55.6 Å². The fourth-order valence-corrected chi connectivity index (χ4v) is 2.12. The summed E-state index contributed by atoms with van der Waals surface area (Å²) in [5.74, 6) is -3.11. The van der Waals surface area contributed by atoms with Gasteiger partial charge in [0.25, 0.3) is 11.4 Å². The molecule has 0 spiro atoms. The number of fused-ring (bicyclic) bond motifs is 1. The van der Waals surface area contributed by atoms with Gasteiger partial charge in [-0.05, 0) is 12.1 Å². The van der Waals surface area contributed by atoms with Crippen LogP contribution in [0.5, 0.6) is 0 Å². The topological polar surface area (TPSA) is 161 Å². The molecule has 10 heteroatoms. The maximum Gasteiger partial charge on any atom is 0.336 e. The lowest BCUT2D eigenvalue weighted by atomic mass is 9.96. The second kappa shape index (κ2) is 5.09. The van der Waals surface area contributed by atoms with Gasteiger partial charge < -0.3 is 10.2 Å². The number of carbonyl (C=O) groups is 2. The third kappa shape index (κ3) is 2.18. The van der Waals surface area contributed by atoms with Gasteiger partial charge in [0.05, 0.1) is 21.0 Å². The van der Waals surface area contributed by atoms with Gasteiger partial charge in [-0.2, -0.15) is 0 Å². The van der Waals surface area contributed by atoms with Crippen molar-refractivity contribution in [2.75, 3.05) is 0 Å². The van der Waals surface area contributed by atoms with Crippen molar-refractivity contribution in [3.8, 4) is 0 Å². The Hall–Kier alpha value is -3.56. The van der Waals surface area contributed by atoms with Crippen LogP contribution in [0, 0.1) is 20.2 Å². The number of rotatable bonds is 4. The van der Waals surface area contributed by atoms with Gasteiger partial charge in [0.2, 0.25) is 0 Å². The largest absolute Gasteiger partial charge is 0.478 e. The maximum atomic E-state index is 11.2. The van der Waals surface area contributed by atoms with Gasteiger partial charge in [-0.15, -0.1) is 0 Å². The summed E-state index contributed by atoms with van der Waals surface area (Å²) in [5.41, 5.74) is -2.62. The molecule has 0 aliphatic heterocycles. The predicted octanol–water partition coefficient (Wildman–Crippen LogP) is 2.05. The predicted molar refractivity (Wildman–Crippen MR) is 71.2 cm³/mol. The molecule has 0 heterocycles. The highest BCUT2D eigenvalue weighted by Crippen LogP contribution is 2.37. The minimum atomic E-state index is -1.55. The average Bonchev–Trinajstić information content (AvgIpc) is 2.43. The van der Waals surface area contributed by atoms with Crippen molar-refractivity contribution >= 4 is 34.1 Å². The van der Waals surface area contributed by atoms with E-state index in [2.05, 4.69) is 0 Å². The van der Waals surface area contributed by atoms with Crippen molar-refractivity contribution in [1.29, 1.82) is 0 Å². The van der Waals surface area contributed by atoms with E-state index in [9.17, 15) is 29.8 Å². The monoisotopic (exact) mass is 306 g/mol. The summed E-state index contributed by atoms with van der Waals surface area (Å²) in [6.07, 6.45) is 0. The Balaban J connectivity index is 3.17. The van der Waals surface area contributed by atoms with Crippen LogP contribution in [0.4, 0.5) is 11.4 Å². The molecular formula is C12H6N2O8. The molecule has 0 aliphatic carbocycles. The van der Waals surface area contributed by atoms with E-state index in [1.165, 1.54) is 0 Å². The van der Waals surface area contributed by atoms with Crippen molar-refractivity contribution in [2.24, 2.45) is 0 Å². The molecule has 0 aliphatic rings. The summed E-state index contributed by atoms with van der Waals surface area (Å²) in [4.78, 5) is 42.6. The van der Waals surface area contributed by atoms with Crippen molar-refractivity contribution in [1.82, 2.24) is 0 Å². The van der Waals surface area contributed by atoms with Crippen LogP contribution in [0.25, 0.3) is 10.8 Å². The van der Waals surface area contributed by atoms with Gasteiger partial charge in [0.15, 0.2) is 0 Å². The Bertz CT molecular complexity index is 721. The van der Waals surface area contributed by atoms with E-state index in [0.29, 0.717) is 0 Å². The van der Waals surface area contributed by atoms with Crippen LogP contribution in [-0.4, -0.2) is 32.0 Å². The molecular weight excluding hydrogens is 300 g/mol. The van der Waals surface area contributed by atoms with Crippen LogP contribution < -0.4 is 0 Å². The average molecular weight is 306 g/mol. The Morgan fingerprint density at radius 1 is 0.773 bits per heavy atom. The zero-order valence-corrected chi connectivity index (χ0v) is 10.5. The van der Waals surface area contributed by atoms with Crippen LogP contribution >= 0.6 is 0 Å². The summed E-state index contributed by atoms with van der Waals surface area (Å²) in [6.45, 7) is 0. The highest BCUT2D eigenvalue weighted by Gasteiger charge is 2.29. The molecule has 22 heavy (non-hydrogen) atoms. The standard InChI is InChI=1S/C12H6N2O8/c15-11(16)5-1-3-7(13(19)20)10-8(14(21)22)4-2-6(9(5)10)12(17)18/h1-4H,(H,15,16)(H,17,18). The molecule has 2 N–H and O–H groups in total. The van der Waals surface area contributed by atoms with E-state index in [0.717, 1.165) is 24.3 Å². The number of hydrogen-bond donors (Lipinski definition) is 2. The molecule has 0 atom stereocenters. The first kappa shape index (κ1) is 14.8. The van der Waals surface area contributed by atoms with Gasteiger partial charge in [-0.25, -0.2) is 9.59 Å². The van der Waals surface area contributed by atoms with Gasteiger partial charge in [-0.1, -0.05) is 0 Å². The van der Waals surface area contributed by atoms with E-state index in [4.69, 9.17) is 10.2 Å². The molecule has 0 amide bonds. The number of nitro groups is 2. The summed E-state index contributed by atoms with van der Waals surface area (Å²) < 4.78 is 0. The number of nitro benzene ring substituents is 2. The lowest BCUT2D eigenvalue weighted by Gasteiger charge is -2.07. The zero-order valence-electron chi connectivity index (χ0n) is 10.5. The van der Waals surface area contributed by atoms with Crippen molar-refractivity contribution in [2.45, 2.75) is 0 Å². The first-order valence-corrected chi connectivity index (χ1v) is 5.60. The second-order valence-corrected chi connectivity index (χ2v) is 4.14. The summed E-state index contributed by atoms with van der Waals surface area (Å²) >= 11 is 0. The molecule has 2 aromatic carbocycles. The van der Waals surface area contributed by atoms with Crippen LogP contribution in [0.3, 0.4) is 0 Å². The third-order valence-corrected chi connectivity index (χ3v) is 2.97. The summed E-state index contributed by atoms with van der Waals surface area (Å²) in [6, 6.07) is 3.28. The number of hydrogen-bond acceptors (Lipinski definition) is 6. The van der Waals surface area contributed by atoms with E-state index < -0.39 is 55.1 Å². The molecule has 2 rings (SSSR count). The van der Waals surface area contributed by atoms with Gasteiger partial charge >= 0.3 is 11.9 Å². The molecule has 0 aromatic heterocycles. The molecule has 0 saturated heterocycles. The van der Waals surface area contributed by atoms with E-state index in [1.807, 2.05) is 0 Å². The highest BCUT2D eigenvalue weighted by atomic mass is 16.6. The van der Waals surface area contributed by atoms with Crippen LogP contribution in [0.1, 0.15) is 20.7 Å². The maximum absolute atomic E-state index is 11.2. The Kier molecular flexibility index (Phi) is 3.43. The van der Waals surface area contributed by atoms with Gasteiger partial charge in [0.1, 0.15) is 5.39 Å². The van der Waals surface area contributed by atoms with Crippen LogP contribution in [-0.2, 0) is 0 Å². The SMILES string of the molecule is O=C(O)c1ccc([N+](=O)[O-])c2c([N+](=O)[O-])ccc(C(=O)O)c12. The fraction of sp³-hybridized carbons (Fsp3) is 0. The normalized spacial score (nSPS) is 10.4. The Morgan fingerprint density at radius 3 is 1.41 bits per heavy atom. The lowest BCUT2D eigenvalue weighted by Crippen LogP contribution is -2.07. The Labute approximate surface area is 120 Å². The minimum Gasteiger partial charge on any atom is -0.478 e. The number of carboxylic acids is 2. The molecule has 0 unspecified atom stereocenters. The van der Waals surface area contributed by atoms with Crippen molar-refractivity contribution < 1.29 is 29.6 Å². The number of carboxylic acid groups (broad SMARTS) is 2. The number of nitrogens with zero attached hydrogens (tertiary/aromatic N) is 2. The first-order valence-electron chi connectivity index (χ1n) is 5.60. The summed E-state index contributed by atoms with van der Waals surface area (Å²) in [5, 5.41) is 39.1. The lowest BCUT2D eigenvalue weighted by molar-refractivity contribution is -0.390. The van der Waals surface area contributed by atoms with Crippen LogP contribution in [0.15, 0.2) is 24.3 Å². The number of benzene rings is 2. The summed E-state index contributed by atoms with van der Waals surface area (Å²) in [7, 11) is 0. The zero-order chi connectivity index (χ0) is 16.6. The van der Waals surface area contributed by atoms with E-state index >= 15 is 0 Å². The quantitative estimate of drug-likeness (QED) is 0.640. The third-order valence-electron chi connectivity index (χ3n) is 2.97. The smallest absolute Gasteiger partial charge is 0.336 e. The highest BCUT2D eigenvalue weighted by molar-refractivity contribution is 6.17. The molecule has 0 fully saturated rings. The fourth-order valence-electron chi connectivity index (χ4n) is 2.12. The molecule has 0 bridgehead atoms. The van der Waals surface area contributed by atoms with Crippen LogP contribution in [0.2, 0.25) is 0 Å². The van der Waals surface area contributed by atoms with Gasteiger partial charge in [-0.3, -0.25) is 20.2 Å². The number of non-ortho nitro benzene ring substituents is 2. The molecule has 112 valence electrons. The van der Waals surface area contributed by atoms with E-state index in [1.54, 1.807) is 0 Å². The van der Waals surface area contributed by atoms with Gasteiger partial charge in [0, 0.05) is 17.5 Å². The molecule has 2 aromatic rings. The molecule has 0 saturated carbocycles. The Morgan fingerprint density at radius 2 is 1.14 bits per heavy atom. The first-order chi connectivity index (χ1) is 10.3. The molecule has 0 radical (unpaired) electrons. The number of aromatic carboxylic acids is 2. The molecule has 10 nitrogen and oxygen atoms in total. The van der Waals surface area contributed by atoms with E-state index in [-0.39, 0.29) is 0 Å². The minimum absolute atomic E-state index is 0.552. The van der Waals surface area contributed by atoms with Crippen molar-refractivity contribution in [3.63, 3.8) is 0 Å².